The van der Waals surface area contributed by atoms with Crippen molar-refractivity contribution in [2.75, 3.05) is 5.32 Å². The van der Waals surface area contributed by atoms with Crippen LogP contribution in [0.4, 0.5) is 5.69 Å². The molecule has 1 heterocycles. The van der Waals surface area contributed by atoms with Crippen molar-refractivity contribution >= 4 is 73.1 Å². The van der Waals surface area contributed by atoms with Crippen molar-refractivity contribution in [1.82, 2.24) is 10.3 Å². The van der Waals surface area contributed by atoms with Crippen molar-refractivity contribution in [3.8, 4) is 10.6 Å². The van der Waals surface area contributed by atoms with Gasteiger partial charge in [0.25, 0.3) is 5.91 Å². The van der Waals surface area contributed by atoms with Crippen LogP contribution in [0.25, 0.3) is 20.8 Å². The Morgan fingerprint density at radius 3 is 2.44 bits per heavy atom. The fourth-order valence-electron chi connectivity index (χ4n) is 3.24. The molecule has 0 radical (unpaired) electrons. The van der Waals surface area contributed by atoms with Crippen molar-refractivity contribution in [2.24, 2.45) is 0 Å². The molecule has 4 nitrogen and oxygen atoms in total. The van der Waals surface area contributed by atoms with E-state index in [2.05, 4.69) is 66.1 Å². The third-order valence-electron chi connectivity index (χ3n) is 4.99. The molecule has 0 fully saturated rings. The summed E-state index contributed by atoms with van der Waals surface area (Å²) in [6.07, 6.45) is 0. The third-order valence-corrected chi connectivity index (χ3v) is 6.94. The Balaban J connectivity index is 1.53. The maximum absolute atomic E-state index is 12.7. The van der Waals surface area contributed by atoms with E-state index in [0.717, 1.165) is 30.0 Å². The summed E-state index contributed by atoms with van der Waals surface area (Å²) in [7, 11) is 0. The summed E-state index contributed by atoms with van der Waals surface area (Å²) < 4.78 is 2.22. The normalized spacial score (nSPS) is 11.4. The van der Waals surface area contributed by atoms with Crippen LogP contribution < -0.4 is 10.6 Å². The van der Waals surface area contributed by atoms with Gasteiger partial charge in [-0.3, -0.25) is 10.1 Å². The number of rotatable bonds is 3. The van der Waals surface area contributed by atoms with Crippen LogP contribution in [0.5, 0.6) is 0 Å². The largest absolute Gasteiger partial charge is 0.332 e. The highest BCUT2D eigenvalue weighted by Crippen LogP contribution is 2.35. The molecule has 0 unspecified atom stereocenters. The van der Waals surface area contributed by atoms with Crippen LogP contribution in [0.15, 0.2) is 66.7 Å². The summed E-state index contributed by atoms with van der Waals surface area (Å²) in [5.41, 5.74) is 4.49. The van der Waals surface area contributed by atoms with Crippen molar-refractivity contribution in [3.05, 3.63) is 81.4 Å². The molecule has 1 amide bonds. The molecule has 0 atom stereocenters. The van der Waals surface area contributed by atoms with Crippen molar-refractivity contribution in [1.29, 1.82) is 0 Å². The zero-order valence-electron chi connectivity index (χ0n) is 17.9. The maximum Gasteiger partial charge on any atom is 0.257 e. The summed E-state index contributed by atoms with van der Waals surface area (Å²) in [5.74, 6) is -0.241. The van der Waals surface area contributed by atoms with E-state index in [-0.39, 0.29) is 16.4 Å². The lowest BCUT2D eigenvalue weighted by molar-refractivity contribution is 0.0977. The third kappa shape index (κ3) is 5.16. The minimum absolute atomic E-state index is 0.0354. The number of hydrogen-bond donors (Lipinski definition) is 2. The number of carbonyl (C=O) groups excluding carboxylic acids is 1. The molecule has 0 saturated carbocycles. The van der Waals surface area contributed by atoms with Crippen LogP contribution in [-0.4, -0.2) is 16.0 Å². The zero-order chi connectivity index (χ0) is 22.9. The number of aromatic nitrogens is 1. The highest BCUT2D eigenvalue weighted by molar-refractivity contribution is 14.1. The second-order valence-electron chi connectivity index (χ2n) is 8.41. The number of para-hydroxylation sites is 1. The first-order valence-corrected chi connectivity index (χ1v) is 12.4. The van der Waals surface area contributed by atoms with Gasteiger partial charge in [0.05, 0.1) is 15.9 Å². The van der Waals surface area contributed by atoms with Gasteiger partial charge in [-0.25, -0.2) is 4.98 Å². The van der Waals surface area contributed by atoms with E-state index in [4.69, 9.17) is 17.2 Å². The van der Waals surface area contributed by atoms with E-state index in [0.29, 0.717) is 5.56 Å². The van der Waals surface area contributed by atoms with Gasteiger partial charge in [0, 0.05) is 14.7 Å². The predicted octanol–water partition coefficient (Wildman–Crippen LogP) is 6.99. The number of thiocarbonyl (C=S) groups is 1. The molecule has 4 aromatic rings. The molecule has 162 valence electrons. The number of halogens is 1. The molecule has 0 aliphatic rings. The second kappa shape index (κ2) is 9.25. The van der Waals surface area contributed by atoms with E-state index < -0.39 is 0 Å². The highest BCUT2D eigenvalue weighted by Gasteiger charge is 2.16. The van der Waals surface area contributed by atoms with Gasteiger partial charge in [0.2, 0.25) is 0 Å². The van der Waals surface area contributed by atoms with Crippen LogP contribution in [0.2, 0.25) is 0 Å². The first kappa shape index (κ1) is 22.8. The zero-order valence-corrected chi connectivity index (χ0v) is 21.7. The van der Waals surface area contributed by atoms with E-state index in [1.165, 1.54) is 5.56 Å². The molecular formula is C25H22IN3OS2. The Morgan fingerprint density at radius 2 is 1.75 bits per heavy atom. The van der Waals surface area contributed by atoms with E-state index in [9.17, 15) is 4.79 Å². The predicted molar refractivity (Wildman–Crippen MR) is 147 cm³/mol. The number of amides is 1. The Labute approximate surface area is 210 Å². The van der Waals surface area contributed by atoms with Crippen LogP contribution in [-0.2, 0) is 5.41 Å². The number of nitrogens with one attached hydrogen (secondary N) is 2. The molecule has 2 N–H and O–H groups in total. The molecule has 0 bridgehead atoms. The van der Waals surface area contributed by atoms with Gasteiger partial charge in [-0.15, -0.1) is 11.3 Å². The number of nitrogens with zero attached hydrogens (tertiary/aromatic N) is 1. The quantitative estimate of drug-likeness (QED) is 0.206. The van der Waals surface area contributed by atoms with Crippen LogP contribution in [0, 0.1) is 3.57 Å². The Bertz CT molecular complexity index is 1270. The number of hydrogen-bond acceptors (Lipinski definition) is 4. The van der Waals surface area contributed by atoms with Gasteiger partial charge in [-0.2, -0.15) is 0 Å². The van der Waals surface area contributed by atoms with Gasteiger partial charge in [0.15, 0.2) is 5.11 Å². The summed E-state index contributed by atoms with van der Waals surface area (Å²) in [4.78, 5) is 17.5. The second-order valence-corrected chi connectivity index (χ2v) is 11.1. The van der Waals surface area contributed by atoms with Gasteiger partial charge in [-0.1, -0.05) is 45.0 Å². The van der Waals surface area contributed by atoms with Gasteiger partial charge in [-0.05, 0) is 88.3 Å². The fourth-order valence-corrected chi connectivity index (χ4v) is 4.93. The molecule has 7 heteroatoms. The molecule has 4 rings (SSSR count). The lowest BCUT2D eigenvalue weighted by atomic mass is 9.87. The smallest absolute Gasteiger partial charge is 0.257 e. The topological polar surface area (TPSA) is 54.0 Å². The molecule has 0 aliphatic carbocycles. The number of thiazole rings is 1. The van der Waals surface area contributed by atoms with E-state index in [1.807, 2.05) is 54.6 Å². The van der Waals surface area contributed by atoms with Gasteiger partial charge >= 0.3 is 0 Å². The van der Waals surface area contributed by atoms with Crippen LogP contribution in [0.1, 0.15) is 36.7 Å². The highest BCUT2D eigenvalue weighted by atomic mass is 127. The SMILES string of the molecule is CC(C)(C)c1ccc(C(=O)NC(=S)Nc2ccc(I)cc2-c2nc3ccccc3s2)cc1. The standard InChI is InChI=1S/C25H22IN3OS2/c1-25(2,3)16-10-8-15(9-11-16)22(30)29-24(31)28-19-13-12-17(26)14-18(19)23-27-20-6-4-5-7-21(20)32-23/h4-14H,1-3H3,(H2,28,29,30,31). The first-order chi connectivity index (χ1) is 15.2. The van der Waals surface area contributed by atoms with Crippen molar-refractivity contribution in [2.45, 2.75) is 26.2 Å². The number of carbonyl (C=O) groups is 1. The Morgan fingerprint density at radius 1 is 1.03 bits per heavy atom. The summed E-state index contributed by atoms with van der Waals surface area (Å²) >= 11 is 9.35. The fraction of sp³-hybridized carbons (Fsp3) is 0.160. The first-order valence-electron chi connectivity index (χ1n) is 10.1. The average molecular weight is 572 g/mol. The minimum Gasteiger partial charge on any atom is -0.332 e. The summed E-state index contributed by atoms with van der Waals surface area (Å²) in [5, 5.41) is 7.12. The average Bonchev–Trinajstić information content (AvgIpc) is 3.18. The van der Waals surface area contributed by atoms with Crippen LogP contribution >= 0.6 is 46.1 Å². The molecule has 32 heavy (non-hydrogen) atoms. The van der Waals surface area contributed by atoms with Crippen molar-refractivity contribution in [3.63, 3.8) is 0 Å². The number of benzene rings is 3. The van der Waals surface area contributed by atoms with Crippen LogP contribution in [0.3, 0.4) is 0 Å². The monoisotopic (exact) mass is 571 g/mol. The maximum atomic E-state index is 12.7. The summed E-state index contributed by atoms with van der Waals surface area (Å²) in [6.45, 7) is 6.43. The van der Waals surface area contributed by atoms with E-state index >= 15 is 0 Å². The number of anilines is 1. The Kier molecular flexibility index (Phi) is 6.60. The number of fused-ring (bicyclic) bond motifs is 1. The minimum atomic E-state index is -0.241. The van der Waals surface area contributed by atoms with Crippen molar-refractivity contribution < 1.29 is 4.79 Å². The summed E-state index contributed by atoms with van der Waals surface area (Å²) in [6, 6.07) is 21.7. The molecule has 1 aromatic heterocycles. The molecule has 3 aromatic carbocycles. The lowest BCUT2D eigenvalue weighted by Crippen LogP contribution is -2.34. The van der Waals surface area contributed by atoms with Gasteiger partial charge in [0.1, 0.15) is 5.01 Å². The Hall–Kier alpha value is -2.36. The molecule has 0 aliphatic heterocycles. The molecule has 0 spiro atoms. The molecular weight excluding hydrogens is 549 g/mol. The molecule has 0 saturated heterocycles. The lowest BCUT2D eigenvalue weighted by Gasteiger charge is -2.19. The van der Waals surface area contributed by atoms with Gasteiger partial charge < -0.3 is 5.32 Å². The van der Waals surface area contributed by atoms with E-state index in [1.54, 1.807) is 11.3 Å².